The number of benzene rings is 2. The molecule has 2 amide bonds. The van der Waals surface area contributed by atoms with Crippen LogP contribution in [-0.2, 0) is 29.1 Å². The number of carbonyl (C=O) groups excluding carboxylic acids is 2. The van der Waals surface area contributed by atoms with E-state index in [9.17, 15) is 9.59 Å². The highest BCUT2D eigenvalue weighted by atomic mass is 16.5. The summed E-state index contributed by atoms with van der Waals surface area (Å²) in [6, 6.07) is 17.9. The molecule has 2 heterocycles. The van der Waals surface area contributed by atoms with Crippen molar-refractivity contribution in [2.75, 3.05) is 19.5 Å². The van der Waals surface area contributed by atoms with E-state index in [0.717, 1.165) is 11.3 Å². The van der Waals surface area contributed by atoms with Crippen LogP contribution < -0.4 is 15.4 Å². The molecule has 0 atom stereocenters. The summed E-state index contributed by atoms with van der Waals surface area (Å²) in [5.41, 5.74) is 2.80. The average Bonchev–Trinajstić information content (AvgIpc) is 3.50. The van der Waals surface area contributed by atoms with Crippen molar-refractivity contribution in [2.45, 2.75) is 26.5 Å². The maximum atomic E-state index is 12.5. The molecule has 9 nitrogen and oxygen atoms in total. The number of nitrogens with one attached hydrogen (secondary N) is 2. The SMILES string of the molecule is COCc1ccc(C(=O)NCc2nc(-c3cccc(NC(=O)Cc4ccc(OC)cc4)c3)oc2C)o1. The minimum Gasteiger partial charge on any atom is -0.497 e. The Kier molecular flexibility index (Phi) is 7.82. The fourth-order valence-corrected chi connectivity index (χ4v) is 3.55. The quantitative estimate of drug-likeness (QED) is 0.337. The van der Waals surface area contributed by atoms with Crippen molar-refractivity contribution in [3.8, 4) is 17.2 Å². The Morgan fingerprint density at radius 1 is 1.00 bits per heavy atom. The van der Waals surface area contributed by atoms with Crippen LogP contribution in [0.2, 0.25) is 0 Å². The van der Waals surface area contributed by atoms with Crippen molar-refractivity contribution in [1.82, 2.24) is 10.3 Å². The topological polar surface area (TPSA) is 116 Å². The molecule has 0 fully saturated rings. The molecule has 0 aliphatic heterocycles. The number of aryl methyl sites for hydroxylation is 1. The highest BCUT2D eigenvalue weighted by Gasteiger charge is 2.16. The molecule has 9 heteroatoms. The van der Waals surface area contributed by atoms with Crippen molar-refractivity contribution >= 4 is 17.5 Å². The third kappa shape index (κ3) is 6.19. The van der Waals surface area contributed by atoms with Crippen LogP contribution in [0.1, 0.15) is 33.3 Å². The number of hydrogen-bond donors (Lipinski definition) is 2. The lowest BCUT2D eigenvalue weighted by atomic mass is 10.1. The van der Waals surface area contributed by atoms with E-state index in [1.807, 2.05) is 36.4 Å². The summed E-state index contributed by atoms with van der Waals surface area (Å²) in [5, 5.41) is 5.69. The molecule has 0 saturated carbocycles. The second-order valence-corrected chi connectivity index (χ2v) is 8.06. The molecule has 186 valence electrons. The molecule has 2 aromatic heterocycles. The molecule has 2 aromatic carbocycles. The van der Waals surface area contributed by atoms with Crippen LogP contribution in [0.5, 0.6) is 5.75 Å². The summed E-state index contributed by atoms with van der Waals surface area (Å²) in [6.07, 6.45) is 0.235. The number of anilines is 1. The highest BCUT2D eigenvalue weighted by Crippen LogP contribution is 2.25. The van der Waals surface area contributed by atoms with Gasteiger partial charge in [0.25, 0.3) is 5.91 Å². The summed E-state index contributed by atoms with van der Waals surface area (Å²) in [4.78, 5) is 29.4. The summed E-state index contributed by atoms with van der Waals surface area (Å²) < 4.78 is 21.4. The minimum atomic E-state index is -0.358. The van der Waals surface area contributed by atoms with Crippen molar-refractivity contribution < 1.29 is 27.9 Å². The van der Waals surface area contributed by atoms with Crippen molar-refractivity contribution in [3.05, 3.63) is 89.2 Å². The third-order valence-electron chi connectivity index (χ3n) is 5.40. The molecule has 2 N–H and O–H groups in total. The number of rotatable bonds is 10. The van der Waals surface area contributed by atoms with Crippen LogP contribution in [0, 0.1) is 6.92 Å². The number of oxazole rings is 1. The first kappa shape index (κ1) is 24.7. The molecular formula is C27H27N3O6. The molecule has 0 aliphatic rings. The van der Waals surface area contributed by atoms with E-state index in [1.165, 1.54) is 0 Å². The van der Waals surface area contributed by atoms with E-state index in [4.69, 9.17) is 18.3 Å². The average molecular weight is 490 g/mol. The zero-order chi connectivity index (χ0) is 25.5. The normalized spacial score (nSPS) is 10.8. The Morgan fingerprint density at radius 2 is 1.81 bits per heavy atom. The van der Waals surface area contributed by atoms with E-state index in [2.05, 4.69) is 15.6 Å². The van der Waals surface area contributed by atoms with Crippen LogP contribution >= 0.6 is 0 Å². The summed E-state index contributed by atoms with van der Waals surface area (Å²) >= 11 is 0. The molecule has 0 bridgehead atoms. The van der Waals surface area contributed by atoms with Crippen molar-refractivity contribution in [1.29, 1.82) is 0 Å². The lowest BCUT2D eigenvalue weighted by Crippen LogP contribution is -2.22. The number of carbonyl (C=O) groups is 2. The monoisotopic (exact) mass is 489 g/mol. The Hall–Kier alpha value is -4.37. The second kappa shape index (κ2) is 11.4. The lowest BCUT2D eigenvalue weighted by Gasteiger charge is -2.07. The fourth-order valence-electron chi connectivity index (χ4n) is 3.55. The van der Waals surface area contributed by atoms with Crippen LogP contribution in [-0.4, -0.2) is 31.0 Å². The zero-order valence-electron chi connectivity index (χ0n) is 20.3. The Balaban J connectivity index is 1.37. The van der Waals surface area contributed by atoms with Crippen molar-refractivity contribution in [2.24, 2.45) is 0 Å². The molecule has 4 rings (SSSR count). The molecule has 36 heavy (non-hydrogen) atoms. The van der Waals surface area contributed by atoms with Gasteiger partial charge in [-0.05, 0) is 55.0 Å². The number of ether oxygens (including phenoxy) is 2. The maximum absolute atomic E-state index is 12.5. The fraction of sp³-hybridized carbons (Fsp3) is 0.222. The van der Waals surface area contributed by atoms with E-state index < -0.39 is 0 Å². The zero-order valence-corrected chi connectivity index (χ0v) is 20.3. The molecule has 0 spiro atoms. The molecule has 0 saturated heterocycles. The van der Waals surface area contributed by atoms with E-state index >= 15 is 0 Å². The smallest absolute Gasteiger partial charge is 0.287 e. The Morgan fingerprint density at radius 3 is 2.56 bits per heavy atom. The number of furan rings is 1. The van der Waals surface area contributed by atoms with Gasteiger partial charge < -0.3 is 28.9 Å². The summed E-state index contributed by atoms with van der Waals surface area (Å²) in [5.74, 6) is 1.98. The van der Waals surface area contributed by atoms with Crippen LogP contribution in [0.25, 0.3) is 11.5 Å². The standard InChI is InChI=1S/C27H27N3O6/c1-17-23(15-28-26(32)24-12-11-22(36-24)16-33-2)30-27(35-17)19-5-4-6-20(14-19)29-25(31)13-18-7-9-21(34-3)10-8-18/h4-12,14H,13,15-16H2,1-3H3,(H,28,32)(H,29,31). The van der Waals surface area contributed by atoms with Gasteiger partial charge >= 0.3 is 0 Å². The van der Waals surface area contributed by atoms with Gasteiger partial charge in [-0.2, -0.15) is 0 Å². The molecule has 0 aliphatic carbocycles. The first-order chi connectivity index (χ1) is 17.4. The van der Waals surface area contributed by atoms with Gasteiger partial charge in [0.15, 0.2) is 5.76 Å². The predicted molar refractivity (Wildman–Crippen MR) is 133 cm³/mol. The Bertz CT molecular complexity index is 1340. The van der Waals surface area contributed by atoms with E-state index in [0.29, 0.717) is 41.0 Å². The van der Waals surface area contributed by atoms with Crippen molar-refractivity contribution in [3.63, 3.8) is 0 Å². The first-order valence-corrected chi connectivity index (χ1v) is 11.3. The van der Waals surface area contributed by atoms with Gasteiger partial charge in [0.05, 0.1) is 20.1 Å². The second-order valence-electron chi connectivity index (χ2n) is 8.06. The van der Waals surface area contributed by atoms with Gasteiger partial charge in [-0.1, -0.05) is 18.2 Å². The molecule has 0 radical (unpaired) electrons. The number of aromatic nitrogens is 1. The number of amides is 2. The van der Waals surface area contributed by atoms with Gasteiger partial charge in [-0.15, -0.1) is 0 Å². The summed E-state index contributed by atoms with van der Waals surface area (Å²) in [7, 11) is 3.16. The van der Waals surface area contributed by atoms with Gasteiger partial charge in [0, 0.05) is 18.4 Å². The predicted octanol–water partition coefficient (Wildman–Crippen LogP) is 4.51. The number of hydrogen-bond acceptors (Lipinski definition) is 7. The third-order valence-corrected chi connectivity index (χ3v) is 5.40. The molecule has 4 aromatic rings. The number of methoxy groups -OCH3 is 2. The van der Waals surface area contributed by atoms with E-state index in [-0.39, 0.29) is 30.5 Å². The first-order valence-electron chi connectivity index (χ1n) is 11.3. The van der Waals surface area contributed by atoms with Crippen LogP contribution in [0.4, 0.5) is 5.69 Å². The molecule has 0 unspecified atom stereocenters. The lowest BCUT2D eigenvalue weighted by molar-refractivity contribution is -0.115. The number of nitrogens with zero attached hydrogens (tertiary/aromatic N) is 1. The maximum Gasteiger partial charge on any atom is 0.287 e. The minimum absolute atomic E-state index is 0.143. The highest BCUT2D eigenvalue weighted by molar-refractivity contribution is 5.93. The summed E-state index contributed by atoms with van der Waals surface area (Å²) in [6.45, 7) is 2.24. The van der Waals surface area contributed by atoms with Crippen LogP contribution in [0.15, 0.2) is 69.5 Å². The van der Waals surface area contributed by atoms with Crippen LogP contribution in [0.3, 0.4) is 0 Å². The molecular weight excluding hydrogens is 462 g/mol. The van der Waals surface area contributed by atoms with Gasteiger partial charge in [-0.25, -0.2) is 4.98 Å². The van der Waals surface area contributed by atoms with Gasteiger partial charge in [0.1, 0.15) is 29.6 Å². The Labute approximate surface area is 208 Å². The van der Waals surface area contributed by atoms with Gasteiger partial charge in [0.2, 0.25) is 11.8 Å². The largest absolute Gasteiger partial charge is 0.497 e. The van der Waals surface area contributed by atoms with E-state index in [1.54, 1.807) is 45.4 Å². The van der Waals surface area contributed by atoms with Gasteiger partial charge in [-0.3, -0.25) is 9.59 Å².